The molecular weight excluding hydrogens is 248 g/mol. The molecule has 0 radical (unpaired) electrons. The summed E-state index contributed by atoms with van der Waals surface area (Å²) in [5, 5.41) is 13.3. The predicted molar refractivity (Wildman–Crippen MR) is 80.6 cm³/mol. The Labute approximate surface area is 116 Å². The fourth-order valence-corrected chi connectivity index (χ4v) is 2.08. The largest absolute Gasteiger partial charge is 0.397 e. The van der Waals surface area contributed by atoms with E-state index in [9.17, 15) is 0 Å². The second-order valence-electron chi connectivity index (χ2n) is 4.42. The zero-order chi connectivity index (χ0) is 13.9. The van der Waals surface area contributed by atoms with E-state index in [0.29, 0.717) is 16.9 Å². The highest BCUT2D eigenvalue weighted by Crippen LogP contribution is 2.28. The molecule has 4 nitrogen and oxygen atoms in total. The lowest BCUT2D eigenvalue weighted by Gasteiger charge is -2.11. The van der Waals surface area contributed by atoms with Gasteiger partial charge in [0.05, 0.1) is 34.2 Å². The first-order valence-corrected chi connectivity index (χ1v) is 6.18. The Bertz CT molecular complexity index is 813. The highest BCUT2D eigenvalue weighted by atomic mass is 14.9. The van der Waals surface area contributed by atoms with Crippen LogP contribution >= 0.6 is 0 Å². The van der Waals surface area contributed by atoms with Crippen molar-refractivity contribution >= 4 is 28.0 Å². The SMILES string of the molecule is N#Cc1ccc(N)c(Nc2cccc3cccnc23)c1. The van der Waals surface area contributed by atoms with Crippen LogP contribution in [0.3, 0.4) is 0 Å². The van der Waals surface area contributed by atoms with E-state index in [4.69, 9.17) is 11.0 Å². The van der Waals surface area contributed by atoms with Gasteiger partial charge in [-0.25, -0.2) is 0 Å². The Kier molecular flexibility index (Phi) is 2.94. The Balaban J connectivity index is 2.08. The number of rotatable bonds is 2. The standard InChI is InChI=1S/C16H12N4/c17-10-11-6-7-13(18)15(9-11)20-14-5-1-3-12-4-2-8-19-16(12)14/h1-9,20H,18H2. The lowest BCUT2D eigenvalue weighted by molar-refractivity contribution is 1.40. The first-order valence-electron chi connectivity index (χ1n) is 6.18. The summed E-state index contributed by atoms with van der Waals surface area (Å²) in [6.45, 7) is 0. The summed E-state index contributed by atoms with van der Waals surface area (Å²) < 4.78 is 0. The minimum atomic E-state index is 0.565. The van der Waals surface area contributed by atoms with Gasteiger partial charge in [0.15, 0.2) is 0 Å². The van der Waals surface area contributed by atoms with E-state index in [-0.39, 0.29) is 0 Å². The number of anilines is 3. The van der Waals surface area contributed by atoms with Crippen molar-refractivity contribution in [3.8, 4) is 6.07 Å². The van der Waals surface area contributed by atoms with Crippen LogP contribution in [0.4, 0.5) is 17.1 Å². The minimum Gasteiger partial charge on any atom is -0.397 e. The molecule has 1 aromatic heterocycles. The maximum atomic E-state index is 8.96. The number of hydrogen-bond donors (Lipinski definition) is 2. The first-order chi connectivity index (χ1) is 9.78. The molecule has 3 rings (SSSR count). The third kappa shape index (κ3) is 2.13. The second-order valence-corrected chi connectivity index (χ2v) is 4.42. The number of nitrogens with zero attached hydrogens (tertiary/aromatic N) is 2. The van der Waals surface area contributed by atoms with Gasteiger partial charge < -0.3 is 11.1 Å². The van der Waals surface area contributed by atoms with E-state index in [2.05, 4.69) is 16.4 Å². The Morgan fingerprint density at radius 2 is 1.90 bits per heavy atom. The van der Waals surface area contributed by atoms with Crippen LogP contribution in [0, 0.1) is 11.3 Å². The summed E-state index contributed by atoms with van der Waals surface area (Å²) in [5.74, 6) is 0. The van der Waals surface area contributed by atoms with Crippen LogP contribution in [-0.4, -0.2) is 4.98 Å². The lowest BCUT2D eigenvalue weighted by atomic mass is 10.1. The molecule has 4 heteroatoms. The molecule has 0 unspecified atom stereocenters. The molecule has 0 amide bonds. The van der Waals surface area contributed by atoms with Crippen LogP contribution in [0.5, 0.6) is 0 Å². The number of nitrogens with two attached hydrogens (primary N) is 1. The van der Waals surface area contributed by atoms with Crippen molar-refractivity contribution < 1.29 is 0 Å². The molecule has 0 spiro atoms. The van der Waals surface area contributed by atoms with E-state index < -0.39 is 0 Å². The summed E-state index contributed by atoms with van der Waals surface area (Å²) in [6.07, 6.45) is 1.75. The first kappa shape index (κ1) is 12.0. The van der Waals surface area contributed by atoms with Crippen molar-refractivity contribution in [2.45, 2.75) is 0 Å². The predicted octanol–water partition coefficient (Wildman–Crippen LogP) is 3.43. The third-order valence-corrected chi connectivity index (χ3v) is 3.08. The molecule has 0 aliphatic rings. The number of nitrogens with one attached hydrogen (secondary N) is 1. The highest BCUT2D eigenvalue weighted by Gasteiger charge is 2.05. The van der Waals surface area contributed by atoms with Crippen molar-refractivity contribution in [3.05, 3.63) is 60.3 Å². The summed E-state index contributed by atoms with van der Waals surface area (Å²) in [4.78, 5) is 4.38. The number of pyridine rings is 1. The number of hydrogen-bond acceptors (Lipinski definition) is 4. The van der Waals surface area contributed by atoms with Gasteiger partial charge in [-0.1, -0.05) is 18.2 Å². The number of aromatic nitrogens is 1. The monoisotopic (exact) mass is 260 g/mol. The normalized spacial score (nSPS) is 10.2. The van der Waals surface area contributed by atoms with E-state index in [1.165, 1.54) is 0 Å². The van der Waals surface area contributed by atoms with Gasteiger partial charge in [0.1, 0.15) is 0 Å². The van der Waals surface area contributed by atoms with Gasteiger partial charge in [0.25, 0.3) is 0 Å². The van der Waals surface area contributed by atoms with Crippen LogP contribution in [0.25, 0.3) is 10.9 Å². The second kappa shape index (κ2) is 4.90. The highest BCUT2D eigenvalue weighted by molar-refractivity contribution is 5.93. The molecule has 2 aromatic carbocycles. The van der Waals surface area contributed by atoms with Crippen molar-refractivity contribution in [3.63, 3.8) is 0 Å². The topological polar surface area (TPSA) is 74.7 Å². The van der Waals surface area contributed by atoms with Gasteiger partial charge >= 0.3 is 0 Å². The minimum absolute atomic E-state index is 0.565. The molecule has 3 aromatic rings. The summed E-state index contributed by atoms with van der Waals surface area (Å²) in [5.41, 5.74) is 9.55. The quantitative estimate of drug-likeness (QED) is 0.692. The zero-order valence-electron chi connectivity index (χ0n) is 10.7. The lowest BCUT2D eigenvalue weighted by Crippen LogP contribution is -1.98. The molecule has 0 atom stereocenters. The van der Waals surface area contributed by atoms with Gasteiger partial charge in [-0.05, 0) is 30.3 Å². The number of nitrogen functional groups attached to an aromatic ring is 1. The third-order valence-electron chi connectivity index (χ3n) is 3.08. The maximum absolute atomic E-state index is 8.96. The Morgan fingerprint density at radius 3 is 2.75 bits per heavy atom. The van der Waals surface area contributed by atoms with Gasteiger partial charge in [-0.2, -0.15) is 5.26 Å². The van der Waals surface area contributed by atoms with Crippen LogP contribution in [0.2, 0.25) is 0 Å². The molecule has 0 aliphatic carbocycles. The zero-order valence-corrected chi connectivity index (χ0v) is 10.7. The van der Waals surface area contributed by atoms with Gasteiger partial charge in [-0.3, -0.25) is 4.98 Å². The van der Waals surface area contributed by atoms with Crippen molar-refractivity contribution in [2.24, 2.45) is 0 Å². The molecule has 0 fully saturated rings. The fraction of sp³-hybridized carbons (Fsp3) is 0. The van der Waals surface area contributed by atoms with E-state index >= 15 is 0 Å². The van der Waals surface area contributed by atoms with E-state index in [1.807, 2.05) is 30.3 Å². The molecule has 96 valence electrons. The summed E-state index contributed by atoms with van der Waals surface area (Å²) in [7, 11) is 0. The molecule has 0 aliphatic heterocycles. The Morgan fingerprint density at radius 1 is 1.05 bits per heavy atom. The molecular formula is C16H12N4. The smallest absolute Gasteiger partial charge is 0.0992 e. The van der Waals surface area contributed by atoms with Crippen LogP contribution in [0.1, 0.15) is 5.56 Å². The average molecular weight is 260 g/mol. The van der Waals surface area contributed by atoms with Crippen LogP contribution < -0.4 is 11.1 Å². The van der Waals surface area contributed by atoms with Gasteiger partial charge in [-0.15, -0.1) is 0 Å². The maximum Gasteiger partial charge on any atom is 0.0992 e. The van der Waals surface area contributed by atoms with Gasteiger partial charge in [0.2, 0.25) is 0 Å². The molecule has 0 saturated carbocycles. The summed E-state index contributed by atoms with van der Waals surface area (Å²) in [6, 6.07) is 17.1. The summed E-state index contributed by atoms with van der Waals surface area (Å²) >= 11 is 0. The van der Waals surface area contributed by atoms with Crippen LogP contribution in [0.15, 0.2) is 54.7 Å². The van der Waals surface area contributed by atoms with E-state index in [1.54, 1.807) is 24.4 Å². The van der Waals surface area contributed by atoms with E-state index in [0.717, 1.165) is 16.6 Å². The number of benzene rings is 2. The molecule has 0 saturated heterocycles. The average Bonchev–Trinajstić information content (AvgIpc) is 2.50. The number of para-hydroxylation sites is 1. The molecule has 20 heavy (non-hydrogen) atoms. The Hall–Kier alpha value is -3.06. The van der Waals surface area contributed by atoms with Crippen LogP contribution in [-0.2, 0) is 0 Å². The molecule has 3 N–H and O–H groups in total. The van der Waals surface area contributed by atoms with Crippen molar-refractivity contribution in [1.82, 2.24) is 4.98 Å². The van der Waals surface area contributed by atoms with Gasteiger partial charge in [0, 0.05) is 11.6 Å². The van der Waals surface area contributed by atoms with Crippen molar-refractivity contribution in [2.75, 3.05) is 11.1 Å². The number of nitriles is 1. The number of fused-ring (bicyclic) bond motifs is 1. The molecule has 1 heterocycles. The van der Waals surface area contributed by atoms with Crippen molar-refractivity contribution in [1.29, 1.82) is 5.26 Å². The molecule has 0 bridgehead atoms. The fourth-order valence-electron chi connectivity index (χ4n) is 2.08.